The number of carbonyl (C=O) groups excluding carboxylic acids is 1. The van der Waals surface area contributed by atoms with Crippen LogP contribution in [-0.4, -0.2) is 30.3 Å². The van der Waals surface area contributed by atoms with Gasteiger partial charge in [-0.25, -0.2) is 4.57 Å². The largest absolute Gasteiger partial charge is 0.351 e. The maximum Gasteiger partial charge on any atom is 0.267 e. The smallest absolute Gasteiger partial charge is 0.267 e. The van der Waals surface area contributed by atoms with Crippen molar-refractivity contribution in [2.75, 3.05) is 0 Å². The van der Waals surface area contributed by atoms with Crippen molar-refractivity contribution in [3.8, 4) is 5.69 Å². The lowest BCUT2D eigenvalue weighted by Crippen LogP contribution is -2.30. The second-order valence-electron chi connectivity index (χ2n) is 8.53. The normalized spacial score (nSPS) is 12.2. The van der Waals surface area contributed by atoms with Crippen molar-refractivity contribution in [1.82, 2.24) is 24.5 Å². The molecule has 2 heterocycles. The van der Waals surface area contributed by atoms with E-state index in [0.717, 1.165) is 22.4 Å². The molecule has 1 unspecified atom stereocenters. The topological polar surface area (TPSA) is 81.3 Å². The Balaban J connectivity index is 1.56. The molecule has 0 saturated heterocycles. The molecule has 35 heavy (non-hydrogen) atoms. The summed E-state index contributed by atoms with van der Waals surface area (Å²) in [6.07, 6.45) is 0. The minimum Gasteiger partial charge on any atom is -0.351 e. The SMILES string of the molecule is Cc1ccc(-n2c(=O)c3ccccc3n3c(SC(C)C(=O)NCc4ccccc4)nnc23)c(C)c1. The summed E-state index contributed by atoms with van der Waals surface area (Å²) < 4.78 is 3.47. The van der Waals surface area contributed by atoms with Crippen molar-refractivity contribution in [2.24, 2.45) is 0 Å². The molecule has 1 N–H and O–H groups in total. The quantitative estimate of drug-likeness (QED) is 0.361. The van der Waals surface area contributed by atoms with Crippen LogP contribution in [-0.2, 0) is 11.3 Å². The van der Waals surface area contributed by atoms with Crippen LogP contribution in [0, 0.1) is 13.8 Å². The highest BCUT2D eigenvalue weighted by molar-refractivity contribution is 8.00. The molecular weight excluding hydrogens is 458 g/mol. The van der Waals surface area contributed by atoms with Gasteiger partial charge in [-0.2, -0.15) is 0 Å². The van der Waals surface area contributed by atoms with E-state index in [0.29, 0.717) is 28.4 Å². The highest BCUT2D eigenvalue weighted by Crippen LogP contribution is 2.27. The molecule has 0 bridgehead atoms. The number of para-hydroxylation sites is 1. The lowest BCUT2D eigenvalue weighted by atomic mass is 10.1. The number of hydrogen-bond acceptors (Lipinski definition) is 5. The van der Waals surface area contributed by atoms with Crippen LogP contribution in [0.15, 0.2) is 82.7 Å². The molecule has 0 aliphatic heterocycles. The zero-order valence-corrected chi connectivity index (χ0v) is 20.5. The number of hydrogen-bond donors (Lipinski definition) is 1. The molecule has 0 aliphatic carbocycles. The zero-order chi connectivity index (χ0) is 24.5. The Morgan fingerprint density at radius 3 is 2.51 bits per heavy atom. The Kier molecular flexibility index (Phi) is 6.13. The molecule has 0 fully saturated rings. The van der Waals surface area contributed by atoms with Gasteiger partial charge >= 0.3 is 0 Å². The van der Waals surface area contributed by atoms with Crippen LogP contribution < -0.4 is 10.9 Å². The summed E-state index contributed by atoms with van der Waals surface area (Å²) in [7, 11) is 0. The van der Waals surface area contributed by atoms with Gasteiger partial charge in [0.25, 0.3) is 5.56 Å². The molecule has 0 aliphatic rings. The molecule has 5 aromatic rings. The van der Waals surface area contributed by atoms with Gasteiger partial charge in [-0.05, 0) is 50.1 Å². The van der Waals surface area contributed by atoms with Gasteiger partial charge in [-0.1, -0.05) is 71.9 Å². The van der Waals surface area contributed by atoms with Crippen LogP contribution in [0.4, 0.5) is 0 Å². The highest BCUT2D eigenvalue weighted by atomic mass is 32.2. The van der Waals surface area contributed by atoms with Crippen LogP contribution in [0.3, 0.4) is 0 Å². The summed E-state index contributed by atoms with van der Waals surface area (Å²) in [5.74, 6) is 0.322. The van der Waals surface area contributed by atoms with Gasteiger partial charge < -0.3 is 5.32 Å². The van der Waals surface area contributed by atoms with Gasteiger partial charge in [0.15, 0.2) is 5.16 Å². The van der Waals surface area contributed by atoms with E-state index in [1.807, 2.05) is 98.0 Å². The molecule has 176 valence electrons. The number of benzene rings is 3. The lowest BCUT2D eigenvalue weighted by Gasteiger charge is -2.15. The highest BCUT2D eigenvalue weighted by Gasteiger charge is 2.22. The Morgan fingerprint density at radius 2 is 1.74 bits per heavy atom. The van der Waals surface area contributed by atoms with Crippen LogP contribution in [0.2, 0.25) is 0 Å². The minimum atomic E-state index is -0.411. The maximum atomic E-state index is 13.6. The third kappa shape index (κ3) is 4.33. The number of carbonyl (C=O) groups is 1. The summed E-state index contributed by atoms with van der Waals surface area (Å²) in [5.41, 5.74) is 4.43. The van der Waals surface area contributed by atoms with Crippen molar-refractivity contribution >= 4 is 34.3 Å². The van der Waals surface area contributed by atoms with E-state index >= 15 is 0 Å². The number of thioether (sulfide) groups is 1. The standard InChI is InChI=1S/C27H25N5O2S/c1-17-13-14-22(18(2)15-17)31-25(34)21-11-7-8-12-23(21)32-26(31)29-30-27(32)35-19(3)24(33)28-16-20-9-5-4-6-10-20/h4-15,19H,16H2,1-3H3,(H,28,33). The van der Waals surface area contributed by atoms with Crippen molar-refractivity contribution in [3.63, 3.8) is 0 Å². The summed E-state index contributed by atoms with van der Waals surface area (Å²) in [4.78, 5) is 26.4. The van der Waals surface area contributed by atoms with Gasteiger partial charge in [-0.3, -0.25) is 14.0 Å². The monoisotopic (exact) mass is 483 g/mol. The minimum absolute atomic E-state index is 0.0948. The first-order valence-corrected chi connectivity index (χ1v) is 12.3. The third-order valence-electron chi connectivity index (χ3n) is 5.95. The summed E-state index contributed by atoms with van der Waals surface area (Å²) in [6.45, 7) is 6.30. The van der Waals surface area contributed by atoms with E-state index in [2.05, 4.69) is 15.5 Å². The Hall–Kier alpha value is -3.91. The number of aryl methyl sites for hydroxylation is 2. The predicted molar refractivity (Wildman–Crippen MR) is 139 cm³/mol. The number of nitrogens with zero attached hydrogens (tertiary/aromatic N) is 4. The molecule has 8 heteroatoms. The summed E-state index contributed by atoms with van der Waals surface area (Å²) in [5, 5.41) is 12.5. The molecule has 0 radical (unpaired) electrons. The Labute approximate surface area is 206 Å². The fourth-order valence-electron chi connectivity index (χ4n) is 4.17. The van der Waals surface area contributed by atoms with Crippen molar-refractivity contribution in [2.45, 2.75) is 37.7 Å². The van der Waals surface area contributed by atoms with E-state index in [9.17, 15) is 9.59 Å². The van der Waals surface area contributed by atoms with Crippen molar-refractivity contribution in [3.05, 3.63) is 99.8 Å². The van der Waals surface area contributed by atoms with Gasteiger partial charge in [0.1, 0.15) is 0 Å². The van der Waals surface area contributed by atoms with E-state index in [-0.39, 0.29) is 11.5 Å². The number of rotatable bonds is 6. The molecule has 3 aromatic carbocycles. The first-order chi connectivity index (χ1) is 16.9. The van der Waals surface area contributed by atoms with E-state index in [1.54, 1.807) is 4.57 Å². The Bertz CT molecular complexity index is 1610. The van der Waals surface area contributed by atoms with Gasteiger partial charge in [0.05, 0.1) is 21.8 Å². The van der Waals surface area contributed by atoms with Crippen molar-refractivity contribution in [1.29, 1.82) is 0 Å². The second-order valence-corrected chi connectivity index (χ2v) is 9.84. The average molecular weight is 484 g/mol. The molecule has 7 nitrogen and oxygen atoms in total. The van der Waals surface area contributed by atoms with Gasteiger partial charge in [0.2, 0.25) is 11.7 Å². The number of amides is 1. The first-order valence-electron chi connectivity index (χ1n) is 11.4. The van der Waals surface area contributed by atoms with Crippen LogP contribution >= 0.6 is 11.8 Å². The molecule has 0 spiro atoms. The second kappa shape index (κ2) is 9.38. The molecule has 1 amide bonds. The van der Waals surface area contributed by atoms with Crippen LogP contribution in [0.5, 0.6) is 0 Å². The van der Waals surface area contributed by atoms with Gasteiger partial charge in [0, 0.05) is 6.54 Å². The fraction of sp³-hybridized carbons (Fsp3) is 0.185. The van der Waals surface area contributed by atoms with E-state index in [1.165, 1.54) is 11.8 Å². The van der Waals surface area contributed by atoms with E-state index < -0.39 is 5.25 Å². The molecule has 5 rings (SSSR count). The average Bonchev–Trinajstić information content (AvgIpc) is 3.27. The third-order valence-corrected chi connectivity index (χ3v) is 6.99. The first kappa shape index (κ1) is 22.9. The maximum absolute atomic E-state index is 13.6. The summed E-state index contributed by atoms with van der Waals surface area (Å²) >= 11 is 1.32. The molecule has 2 aromatic heterocycles. The number of nitrogens with one attached hydrogen (secondary N) is 1. The zero-order valence-electron chi connectivity index (χ0n) is 19.7. The summed E-state index contributed by atoms with van der Waals surface area (Å²) in [6, 6.07) is 23.2. The fourth-order valence-corrected chi connectivity index (χ4v) is 5.05. The van der Waals surface area contributed by atoms with Crippen molar-refractivity contribution < 1.29 is 4.79 Å². The predicted octanol–water partition coefficient (Wildman–Crippen LogP) is 4.45. The van der Waals surface area contributed by atoms with E-state index in [4.69, 9.17) is 0 Å². The van der Waals surface area contributed by atoms with Gasteiger partial charge in [-0.15, -0.1) is 10.2 Å². The Morgan fingerprint density at radius 1 is 1.00 bits per heavy atom. The lowest BCUT2D eigenvalue weighted by molar-refractivity contribution is -0.120. The molecule has 1 atom stereocenters. The van der Waals surface area contributed by atoms with Crippen LogP contribution in [0.1, 0.15) is 23.6 Å². The molecular formula is C27H25N5O2S. The molecule has 0 saturated carbocycles. The van der Waals surface area contributed by atoms with Crippen LogP contribution in [0.25, 0.3) is 22.4 Å². The number of aromatic nitrogens is 4. The number of fused-ring (bicyclic) bond motifs is 3.